The number of ether oxygens (including phenoxy) is 1. The quantitative estimate of drug-likeness (QED) is 0.553. The molecule has 8 heteroatoms. The molecule has 1 atom stereocenters. The van der Waals surface area contributed by atoms with Gasteiger partial charge in [0.05, 0.1) is 0 Å². The van der Waals surface area contributed by atoms with Crippen LogP contribution in [0.4, 0.5) is 10.5 Å². The van der Waals surface area contributed by atoms with E-state index in [1.54, 1.807) is 24.3 Å². The van der Waals surface area contributed by atoms with Gasteiger partial charge in [0.2, 0.25) is 0 Å². The van der Waals surface area contributed by atoms with Gasteiger partial charge in [0.15, 0.2) is 6.10 Å². The first kappa shape index (κ1) is 22.8. The lowest BCUT2D eigenvalue weighted by atomic mass is 9.67. The Morgan fingerprint density at radius 1 is 1.19 bits per heavy atom. The Hall–Kier alpha value is -2.90. The van der Waals surface area contributed by atoms with E-state index in [9.17, 15) is 19.2 Å². The summed E-state index contributed by atoms with van der Waals surface area (Å²) in [5.74, 6) is -1.21. The number of hydrogen-bond donors (Lipinski definition) is 2. The number of esters is 1. The van der Waals surface area contributed by atoms with Crippen molar-refractivity contribution in [1.82, 2.24) is 10.2 Å². The monoisotopic (exact) mass is 429 g/mol. The summed E-state index contributed by atoms with van der Waals surface area (Å²) in [5.41, 5.74) is -0.208. The molecule has 168 valence electrons. The Morgan fingerprint density at radius 2 is 1.81 bits per heavy atom. The van der Waals surface area contributed by atoms with Crippen molar-refractivity contribution in [2.45, 2.75) is 65.0 Å². The van der Waals surface area contributed by atoms with Crippen LogP contribution in [0.15, 0.2) is 30.3 Å². The van der Waals surface area contributed by atoms with Crippen molar-refractivity contribution < 1.29 is 23.9 Å². The van der Waals surface area contributed by atoms with Crippen molar-refractivity contribution >= 4 is 29.5 Å². The van der Waals surface area contributed by atoms with E-state index in [0.717, 1.165) is 17.7 Å². The van der Waals surface area contributed by atoms with Gasteiger partial charge in [-0.05, 0) is 56.1 Å². The number of imide groups is 1. The predicted octanol–water partition coefficient (Wildman–Crippen LogP) is 3.08. The molecule has 1 heterocycles. The lowest BCUT2D eigenvalue weighted by Gasteiger charge is -2.40. The van der Waals surface area contributed by atoms with E-state index in [1.807, 2.05) is 6.07 Å². The third-order valence-corrected chi connectivity index (χ3v) is 6.32. The van der Waals surface area contributed by atoms with Crippen molar-refractivity contribution in [3.05, 3.63) is 30.3 Å². The summed E-state index contributed by atoms with van der Waals surface area (Å²) in [6.45, 7) is 7.47. The molecule has 1 aliphatic carbocycles. The molecule has 0 unspecified atom stereocenters. The average Bonchev–Trinajstić information content (AvgIpc) is 2.92. The highest BCUT2D eigenvalue weighted by molar-refractivity contribution is 6.08. The fourth-order valence-electron chi connectivity index (χ4n) is 4.32. The molecule has 1 spiro atoms. The molecule has 3 rings (SSSR count). The number of nitrogens with zero attached hydrogens (tertiary/aromatic N) is 1. The van der Waals surface area contributed by atoms with Crippen LogP contribution in [-0.4, -0.2) is 46.9 Å². The number of nitrogens with one attached hydrogen (secondary N) is 2. The van der Waals surface area contributed by atoms with Gasteiger partial charge in [0.25, 0.3) is 11.8 Å². The Labute approximate surface area is 182 Å². The predicted molar refractivity (Wildman–Crippen MR) is 115 cm³/mol. The van der Waals surface area contributed by atoms with Crippen LogP contribution in [0.25, 0.3) is 0 Å². The SMILES string of the molecule is C[C@@H](OC(=O)CN1C(=O)NC2(CCC(C(C)(C)C)CC2)C1=O)C(=O)Nc1ccccc1. The molecule has 2 fully saturated rings. The fraction of sp³-hybridized carbons (Fsp3) is 0.565. The van der Waals surface area contributed by atoms with Gasteiger partial charge in [-0.1, -0.05) is 39.0 Å². The first-order valence-corrected chi connectivity index (χ1v) is 10.7. The molecule has 1 aromatic carbocycles. The molecule has 31 heavy (non-hydrogen) atoms. The lowest BCUT2D eigenvalue weighted by molar-refractivity contribution is -0.155. The Kier molecular flexibility index (Phi) is 6.38. The van der Waals surface area contributed by atoms with Crippen LogP contribution in [0.1, 0.15) is 53.4 Å². The van der Waals surface area contributed by atoms with Crippen LogP contribution < -0.4 is 10.6 Å². The molecule has 2 N–H and O–H groups in total. The van der Waals surface area contributed by atoms with Crippen molar-refractivity contribution in [2.24, 2.45) is 11.3 Å². The van der Waals surface area contributed by atoms with Gasteiger partial charge in [-0.15, -0.1) is 0 Å². The smallest absolute Gasteiger partial charge is 0.327 e. The third kappa shape index (κ3) is 5.06. The van der Waals surface area contributed by atoms with Gasteiger partial charge < -0.3 is 15.4 Å². The molecular weight excluding hydrogens is 398 g/mol. The number of amides is 4. The van der Waals surface area contributed by atoms with E-state index >= 15 is 0 Å². The molecule has 8 nitrogen and oxygen atoms in total. The van der Waals surface area contributed by atoms with Crippen molar-refractivity contribution in [1.29, 1.82) is 0 Å². The summed E-state index contributed by atoms with van der Waals surface area (Å²) in [7, 11) is 0. The molecule has 2 aliphatic rings. The van der Waals surface area contributed by atoms with Crippen molar-refractivity contribution in [3.63, 3.8) is 0 Å². The average molecular weight is 430 g/mol. The maximum Gasteiger partial charge on any atom is 0.327 e. The van der Waals surface area contributed by atoms with Gasteiger partial charge in [-0.25, -0.2) is 4.79 Å². The molecule has 4 amide bonds. The molecule has 1 aliphatic heterocycles. The van der Waals surface area contributed by atoms with Crippen LogP contribution >= 0.6 is 0 Å². The van der Waals surface area contributed by atoms with E-state index in [4.69, 9.17) is 4.74 Å². The van der Waals surface area contributed by atoms with E-state index in [0.29, 0.717) is 24.4 Å². The van der Waals surface area contributed by atoms with E-state index in [1.165, 1.54) is 6.92 Å². The summed E-state index contributed by atoms with van der Waals surface area (Å²) in [5, 5.41) is 5.45. The van der Waals surface area contributed by atoms with Crippen LogP contribution in [0.5, 0.6) is 0 Å². The second-order valence-electron chi connectivity index (χ2n) is 9.53. The standard InChI is InChI=1S/C23H31N3O5/c1-15(19(28)24-17-8-6-5-7-9-17)31-18(27)14-26-20(29)23(25-21(26)30)12-10-16(11-13-23)22(2,3)4/h5-9,15-16H,10-14H2,1-4H3,(H,24,28)(H,25,30)/t15-,16?,23?/m1/s1. The number of rotatable bonds is 5. The summed E-state index contributed by atoms with van der Waals surface area (Å²) in [4.78, 5) is 50.9. The summed E-state index contributed by atoms with van der Waals surface area (Å²) >= 11 is 0. The molecule has 1 saturated carbocycles. The van der Waals surface area contributed by atoms with Gasteiger partial charge in [-0.3, -0.25) is 19.3 Å². The zero-order chi connectivity index (χ0) is 22.8. The fourth-order valence-corrected chi connectivity index (χ4v) is 4.32. The number of para-hydroxylation sites is 1. The maximum atomic E-state index is 13.0. The molecular formula is C23H31N3O5. The number of carbonyl (C=O) groups excluding carboxylic acids is 4. The van der Waals surface area contributed by atoms with E-state index in [2.05, 4.69) is 31.4 Å². The molecule has 1 aromatic rings. The van der Waals surface area contributed by atoms with E-state index in [-0.39, 0.29) is 11.3 Å². The summed E-state index contributed by atoms with van der Waals surface area (Å²) < 4.78 is 5.16. The van der Waals surface area contributed by atoms with Gasteiger partial charge in [0, 0.05) is 5.69 Å². The summed E-state index contributed by atoms with van der Waals surface area (Å²) in [6, 6.07) is 8.21. The topological polar surface area (TPSA) is 105 Å². The van der Waals surface area contributed by atoms with E-state index < -0.39 is 36.1 Å². The van der Waals surface area contributed by atoms with Gasteiger partial charge in [-0.2, -0.15) is 0 Å². The van der Waals surface area contributed by atoms with Crippen LogP contribution in [0.3, 0.4) is 0 Å². The number of hydrogen-bond acceptors (Lipinski definition) is 5. The maximum absolute atomic E-state index is 13.0. The van der Waals surface area contributed by atoms with Crippen molar-refractivity contribution in [3.8, 4) is 0 Å². The molecule has 0 bridgehead atoms. The normalized spacial score (nSPS) is 24.6. The number of urea groups is 1. The molecule has 0 radical (unpaired) electrons. The molecule has 1 saturated heterocycles. The van der Waals surface area contributed by atoms with Crippen LogP contribution in [-0.2, 0) is 19.1 Å². The number of anilines is 1. The number of carbonyl (C=O) groups is 4. The molecule has 0 aromatic heterocycles. The first-order chi connectivity index (χ1) is 14.5. The first-order valence-electron chi connectivity index (χ1n) is 10.7. The lowest BCUT2D eigenvalue weighted by Crippen LogP contribution is -2.50. The number of benzene rings is 1. The van der Waals surface area contributed by atoms with Crippen molar-refractivity contribution in [2.75, 3.05) is 11.9 Å². The summed E-state index contributed by atoms with van der Waals surface area (Å²) in [6.07, 6.45) is 1.72. The minimum atomic E-state index is -1.07. The third-order valence-electron chi connectivity index (χ3n) is 6.32. The second kappa shape index (κ2) is 8.69. The minimum Gasteiger partial charge on any atom is -0.451 e. The van der Waals surface area contributed by atoms with Crippen LogP contribution in [0.2, 0.25) is 0 Å². The highest BCUT2D eigenvalue weighted by Crippen LogP contribution is 2.43. The van der Waals surface area contributed by atoms with Gasteiger partial charge in [0.1, 0.15) is 12.1 Å². The van der Waals surface area contributed by atoms with Gasteiger partial charge >= 0.3 is 12.0 Å². The Bertz CT molecular complexity index is 854. The minimum absolute atomic E-state index is 0.146. The van der Waals surface area contributed by atoms with Crippen LogP contribution in [0, 0.1) is 11.3 Å². The largest absolute Gasteiger partial charge is 0.451 e. The Morgan fingerprint density at radius 3 is 2.39 bits per heavy atom. The Balaban J connectivity index is 1.55. The second-order valence-corrected chi connectivity index (χ2v) is 9.53. The highest BCUT2D eigenvalue weighted by atomic mass is 16.5. The zero-order valence-electron chi connectivity index (χ0n) is 18.6. The highest BCUT2D eigenvalue weighted by Gasteiger charge is 2.53. The zero-order valence-corrected chi connectivity index (χ0v) is 18.6.